The lowest BCUT2D eigenvalue weighted by molar-refractivity contribution is -0.137. The van der Waals surface area contributed by atoms with E-state index in [9.17, 15) is 9.59 Å². The van der Waals surface area contributed by atoms with Crippen LogP contribution in [0, 0.1) is 6.92 Å². The van der Waals surface area contributed by atoms with Crippen molar-refractivity contribution in [1.82, 2.24) is 4.98 Å². The maximum atomic E-state index is 11.7. The van der Waals surface area contributed by atoms with Gasteiger partial charge >= 0.3 is 5.97 Å². The third-order valence-electron chi connectivity index (χ3n) is 4.23. The Labute approximate surface area is 179 Å². The Kier molecular flexibility index (Phi) is 8.69. The van der Waals surface area contributed by atoms with Crippen molar-refractivity contribution in [3.8, 4) is 0 Å². The second-order valence-electron chi connectivity index (χ2n) is 6.21. The van der Waals surface area contributed by atoms with Crippen LogP contribution < -0.4 is 16.0 Å². The highest BCUT2D eigenvalue weighted by Crippen LogP contribution is 2.31. The average Bonchev–Trinajstić information content (AvgIpc) is 3.15. The number of carbonyl (C=O) groups is 2. The summed E-state index contributed by atoms with van der Waals surface area (Å²) in [6.07, 6.45) is 0. The molecule has 1 aromatic carbocycles. The highest BCUT2D eigenvalue weighted by Gasteiger charge is 2.21. The van der Waals surface area contributed by atoms with Crippen LogP contribution in [0.2, 0.25) is 5.02 Å². The van der Waals surface area contributed by atoms with Crippen molar-refractivity contribution in [2.24, 2.45) is 5.73 Å². The molecule has 2 heterocycles. The van der Waals surface area contributed by atoms with Crippen LogP contribution in [0.1, 0.15) is 27.7 Å². The molecule has 158 valence electrons. The van der Waals surface area contributed by atoms with E-state index in [0.717, 1.165) is 34.4 Å². The van der Waals surface area contributed by atoms with Crippen molar-refractivity contribution in [2.45, 2.75) is 20.4 Å². The number of rotatable bonds is 5. The van der Waals surface area contributed by atoms with E-state index in [1.165, 1.54) is 25.4 Å². The van der Waals surface area contributed by atoms with Gasteiger partial charge < -0.3 is 25.4 Å². The molecule has 3 N–H and O–H groups in total. The van der Waals surface area contributed by atoms with E-state index in [-0.39, 0.29) is 5.97 Å². The minimum atomic E-state index is -0.475. The molecule has 1 saturated heterocycles. The molecule has 0 bridgehead atoms. The van der Waals surface area contributed by atoms with Crippen molar-refractivity contribution in [3.63, 3.8) is 0 Å². The van der Waals surface area contributed by atoms with Crippen LogP contribution in [0.15, 0.2) is 18.2 Å². The molecule has 0 radical (unpaired) electrons. The van der Waals surface area contributed by atoms with E-state index in [1.54, 1.807) is 0 Å². The molecular formula is C19H25ClN4O4S. The Balaban J connectivity index is 0.000000537. The van der Waals surface area contributed by atoms with Crippen molar-refractivity contribution in [2.75, 3.05) is 43.6 Å². The standard InChI is InChI=1S/C16H19ClN4O2S.C3H6O2/c1-10-11(3-2-4-12(10)17)9-19-15-13(14(18)22)24-16(20-15)21-5-7-23-8-6-21;1-3(4)5-2/h2-4,19H,5-9H2,1H3,(H2,18,22);1-2H3. The lowest BCUT2D eigenvalue weighted by atomic mass is 10.1. The molecule has 0 spiro atoms. The van der Waals surface area contributed by atoms with Gasteiger partial charge in [-0.15, -0.1) is 0 Å². The van der Waals surface area contributed by atoms with Crippen LogP contribution >= 0.6 is 22.9 Å². The fraction of sp³-hybridized carbons (Fsp3) is 0.421. The number of hydrogen-bond donors (Lipinski definition) is 2. The molecule has 0 unspecified atom stereocenters. The number of carbonyl (C=O) groups excluding carboxylic acids is 2. The lowest BCUT2D eigenvalue weighted by Gasteiger charge is -2.25. The number of aromatic nitrogens is 1. The van der Waals surface area contributed by atoms with Crippen molar-refractivity contribution >= 4 is 45.8 Å². The number of ether oxygens (including phenoxy) is 2. The Morgan fingerprint density at radius 3 is 2.62 bits per heavy atom. The zero-order chi connectivity index (χ0) is 21.4. The maximum Gasteiger partial charge on any atom is 0.302 e. The Morgan fingerprint density at radius 2 is 2.03 bits per heavy atom. The molecule has 0 atom stereocenters. The molecule has 8 nitrogen and oxygen atoms in total. The Bertz CT molecular complexity index is 853. The quantitative estimate of drug-likeness (QED) is 0.688. The zero-order valence-corrected chi connectivity index (χ0v) is 18.2. The van der Waals surface area contributed by atoms with E-state index in [0.29, 0.717) is 30.5 Å². The number of benzene rings is 1. The summed E-state index contributed by atoms with van der Waals surface area (Å²) in [7, 11) is 1.35. The SMILES string of the molecule is COC(C)=O.Cc1c(Cl)cccc1CNc1nc(N2CCOCC2)sc1C(N)=O. The predicted molar refractivity (Wildman–Crippen MR) is 115 cm³/mol. The number of nitrogens with one attached hydrogen (secondary N) is 1. The number of esters is 1. The van der Waals surface area contributed by atoms with E-state index in [1.807, 2.05) is 25.1 Å². The summed E-state index contributed by atoms with van der Waals surface area (Å²) in [6.45, 7) is 6.70. The number of morpholine rings is 1. The molecule has 1 aromatic heterocycles. The van der Waals surface area contributed by atoms with Gasteiger partial charge in [0.05, 0.1) is 20.3 Å². The number of amides is 1. The van der Waals surface area contributed by atoms with Crippen LogP contribution in [0.25, 0.3) is 0 Å². The zero-order valence-electron chi connectivity index (χ0n) is 16.7. The smallest absolute Gasteiger partial charge is 0.302 e. The normalized spacial score (nSPS) is 13.3. The molecule has 3 rings (SSSR count). The molecule has 0 saturated carbocycles. The van der Waals surface area contributed by atoms with Gasteiger partial charge in [-0.1, -0.05) is 35.1 Å². The third kappa shape index (κ3) is 6.59. The van der Waals surface area contributed by atoms with Gasteiger partial charge in [-0.2, -0.15) is 0 Å². The maximum absolute atomic E-state index is 11.7. The average molecular weight is 441 g/mol. The fourth-order valence-corrected chi connectivity index (χ4v) is 3.65. The monoisotopic (exact) mass is 440 g/mol. The number of nitrogens with two attached hydrogens (primary N) is 1. The van der Waals surface area contributed by atoms with Crippen LogP contribution in [-0.4, -0.2) is 50.3 Å². The first-order valence-electron chi connectivity index (χ1n) is 8.99. The second-order valence-corrected chi connectivity index (χ2v) is 7.60. The van der Waals surface area contributed by atoms with Crippen LogP contribution in [0.4, 0.5) is 10.9 Å². The number of thiazole rings is 1. The summed E-state index contributed by atoms with van der Waals surface area (Å²) < 4.78 is 9.46. The number of methoxy groups -OCH3 is 1. The van der Waals surface area contributed by atoms with E-state index < -0.39 is 5.91 Å². The number of anilines is 2. The van der Waals surface area contributed by atoms with E-state index >= 15 is 0 Å². The summed E-state index contributed by atoms with van der Waals surface area (Å²) in [5.74, 6) is -0.198. The van der Waals surface area contributed by atoms with Crippen LogP contribution in [0.5, 0.6) is 0 Å². The molecule has 29 heavy (non-hydrogen) atoms. The van der Waals surface area contributed by atoms with E-state index in [2.05, 4.69) is 19.9 Å². The minimum Gasteiger partial charge on any atom is -0.469 e. The molecule has 2 aromatic rings. The van der Waals surface area contributed by atoms with Gasteiger partial charge in [0, 0.05) is 31.6 Å². The molecule has 10 heteroatoms. The molecule has 1 fully saturated rings. The Hall–Kier alpha value is -2.36. The summed E-state index contributed by atoms with van der Waals surface area (Å²) in [6, 6.07) is 5.75. The van der Waals surface area contributed by atoms with Gasteiger partial charge in [-0.05, 0) is 24.1 Å². The van der Waals surface area contributed by atoms with E-state index in [4.69, 9.17) is 22.1 Å². The predicted octanol–water partition coefficient (Wildman–Crippen LogP) is 2.83. The van der Waals surface area contributed by atoms with Gasteiger partial charge in [-0.3, -0.25) is 9.59 Å². The van der Waals surface area contributed by atoms with Crippen LogP contribution in [-0.2, 0) is 20.8 Å². The number of nitrogens with zero attached hydrogens (tertiary/aromatic N) is 2. The largest absolute Gasteiger partial charge is 0.469 e. The first-order chi connectivity index (χ1) is 13.8. The van der Waals surface area contributed by atoms with Gasteiger partial charge in [0.2, 0.25) is 0 Å². The first-order valence-corrected chi connectivity index (χ1v) is 10.2. The van der Waals surface area contributed by atoms with Crippen molar-refractivity contribution < 1.29 is 19.1 Å². The molecule has 1 amide bonds. The summed E-state index contributed by atoms with van der Waals surface area (Å²) in [4.78, 5) is 28.4. The number of hydrogen-bond acceptors (Lipinski definition) is 8. The summed E-state index contributed by atoms with van der Waals surface area (Å²) >= 11 is 7.46. The highest BCUT2D eigenvalue weighted by atomic mass is 35.5. The first kappa shape index (κ1) is 22.9. The van der Waals surface area contributed by atoms with Gasteiger partial charge in [-0.25, -0.2) is 4.98 Å². The van der Waals surface area contributed by atoms with Gasteiger partial charge in [0.1, 0.15) is 4.88 Å². The molecule has 1 aliphatic rings. The second kappa shape index (κ2) is 11.0. The number of primary amides is 1. The minimum absolute atomic E-state index is 0.245. The lowest BCUT2D eigenvalue weighted by Crippen LogP contribution is -2.36. The van der Waals surface area contributed by atoms with Gasteiger partial charge in [0.15, 0.2) is 10.9 Å². The van der Waals surface area contributed by atoms with Crippen LogP contribution in [0.3, 0.4) is 0 Å². The fourth-order valence-electron chi connectivity index (χ4n) is 2.51. The molecule has 0 aliphatic carbocycles. The summed E-state index contributed by atoms with van der Waals surface area (Å²) in [5.41, 5.74) is 7.57. The van der Waals surface area contributed by atoms with Crippen molar-refractivity contribution in [1.29, 1.82) is 0 Å². The molecular weight excluding hydrogens is 416 g/mol. The topological polar surface area (TPSA) is 107 Å². The summed E-state index contributed by atoms with van der Waals surface area (Å²) in [5, 5.41) is 4.73. The molecule has 1 aliphatic heterocycles. The Morgan fingerprint density at radius 1 is 1.38 bits per heavy atom. The van der Waals surface area contributed by atoms with Gasteiger partial charge in [0.25, 0.3) is 5.91 Å². The third-order valence-corrected chi connectivity index (χ3v) is 5.78. The number of halogens is 1. The van der Waals surface area contributed by atoms with Crippen molar-refractivity contribution in [3.05, 3.63) is 39.2 Å². The highest BCUT2D eigenvalue weighted by molar-refractivity contribution is 7.18.